The molecular formula is C60H56O16. The van der Waals surface area contributed by atoms with Gasteiger partial charge in [0.15, 0.2) is 46.0 Å². The Morgan fingerprint density at radius 1 is 0.237 bits per heavy atom. The van der Waals surface area contributed by atoms with Gasteiger partial charge in [-0.1, -0.05) is 24.3 Å². The molecule has 0 aromatic heterocycles. The molecule has 1 aliphatic rings. The lowest BCUT2D eigenvalue weighted by atomic mass is 9.75. The summed E-state index contributed by atoms with van der Waals surface area (Å²) in [5, 5.41) is 142. The fourth-order valence-electron chi connectivity index (χ4n) is 10.3. The van der Waals surface area contributed by atoms with Crippen molar-refractivity contribution in [3.63, 3.8) is 0 Å². The Kier molecular flexibility index (Phi) is 14.1. The lowest BCUT2D eigenvalue weighted by Crippen LogP contribution is -2.13. The second-order valence-corrected chi connectivity index (χ2v) is 18.3. The van der Waals surface area contributed by atoms with E-state index in [0.717, 1.165) is 24.3 Å². The molecule has 0 atom stereocenters. The highest BCUT2D eigenvalue weighted by Gasteiger charge is 2.36. The molecule has 0 saturated carbocycles. The maximum atomic E-state index is 12.2. The molecule has 0 fully saturated rings. The van der Waals surface area contributed by atoms with E-state index in [-0.39, 0.29) is 117 Å². The van der Waals surface area contributed by atoms with Crippen molar-refractivity contribution in [2.75, 3.05) is 26.4 Å². The van der Waals surface area contributed by atoms with Crippen molar-refractivity contribution in [2.24, 2.45) is 0 Å². The molecule has 9 rings (SSSR count). The van der Waals surface area contributed by atoms with Gasteiger partial charge in [-0.3, -0.25) is 0 Å². The van der Waals surface area contributed by atoms with E-state index in [1.807, 2.05) is 0 Å². The zero-order valence-electron chi connectivity index (χ0n) is 41.7. The van der Waals surface area contributed by atoms with Crippen molar-refractivity contribution >= 4 is 0 Å². The van der Waals surface area contributed by atoms with E-state index in [2.05, 4.69) is 0 Å². The van der Waals surface area contributed by atoms with Crippen molar-refractivity contribution < 1.29 is 80.2 Å². The van der Waals surface area contributed by atoms with E-state index in [4.69, 9.17) is 18.9 Å². The average molecular weight is 1030 g/mol. The summed E-state index contributed by atoms with van der Waals surface area (Å²) in [4.78, 5) is 0. The lowest BCUT2D eigenvalue weighted by molar-refractivity contribution is 0.317. The molecule has 0 spiro atoms. The van der Waals surface area contributed by atoms with Crippen LogP contribution < -0.4 is 18.9 Å². The number of fused-ring (bicyclic) bond motifs is 8. The first kappa shape index (κ1) is 51.5. The second kappa shape index (κ2) is 20.8. The van der Waals surface area contributed by atoms with Crippen molar-refractivity contribution in [1.29, 1.82) is 0 Å². The molecular weight excluding hydrogens is 977 g/mol. The van der Waals surface area contributed by atoms with E-state index >= 15 is 0 Å². The molecule has 0 amide bonds. The maximum absolute atomic E-state index is 12.2. The van der Waals surface area contributed by atoms with Crippen LogP contribution in [0, 0.1) is 0 Å². The van der Waals surface area contributed by atoms with Crippen LogP contribution in [0.2, 0.25) is 0 Å². The highest BCUT2D eigenvalue weighted by molar-refractivity contribution is 5.68. The normalized spacial score (nSPS) is 15.9. The summed E-state index contributed by atoms with van der Waals surface area (Å²) in [6.07, 6.45) is 0. The minimum absolute atomic E-state index is 0.0345. The minimum atomic E-state index is -1.27. The van der Waals surface area contributed by atoms with E-state index in [1.165, 1.54) is 97.1 Å². The van der Waals surface area contributed by atoms with Crippen molar-refractivity contribution in [3.05, 3.63) is 188 Å². The number of ether oxygens (including phenoxy) is 4. The first-order chi connectivity index (χ1) is 36.5. The monoisotopic (exact) mass is 1030 g/mol. The van der Waals surface area contributed by atoms with Gasteiger partial charge in [-0.15, -0.1) is 0 Å². The van der Waals surface area contributed by atoms with E-state index in [9.17, 15) is 61.3 Å². The Balaban J connectivity index is 1.50. The van der Waals surface area contributed by atoms with Crippen LogP contribution in [-0.4, -0.2) is 87.7 Å². The SMILES string of the molecule is CCOc1cc(C2c3cc(c(O)cc3O)C(c3ccc(O)c(OCC)c3)c3cc(c(O)cc3O)C(c3ccc(O)c(OCC)c3)c3cc(c(O)cc3O)C(c3ccc(O)c(OCC)c3)c3cc2c(O)cc3O)ccc1O. The summed E-state index contributed by atoms with van der Waals surface area (Å²) in [6.45, 7) is 7.42. The van der Waals surface area contributed by atoms with Gasteiger partial charge >= 0.3 is 0 Å². The van der Waals surface area contributed by atoms with E-state index in [1.54, 1.807) is 27.7 Å². The first-order valence-electron chi connectivity index (χ1n) is 24.5. The number of aromatic hydroxyl groups is 12. The number of phenolic OH excluding ortho intramolecular Hbond substituents is 12. The minimum Gasteiger partial charge on any atom is -0.507 e. The van der Waals surface area contributed by atoms with Crippen LogP contribution in [0.3, 0.4) is 0 Å². The molecule has 16 nitrogen and oxygen atoms in total. The number of phenols is 12. The van der Waals surface area contributed by atoms with Gasteiger partial charge in [0.1, 0.15) is 46.0 Å². The molecule has 0 saturated heterocycles. The highest BCUT2D eigenvalue weighted by atomic mass is 16.5. The summed E-state index contributed by atoms with van der Waals surface area (Å²) >= 11 is 0. The summed E-state index contributed by atoms with van der Waals surface area (Å²) in [5.41, 5.74) is 1.53. The summed E-state index contributed by atoms with van der Waals surface area (Å²) in [5.74, 6) is -9.71. The van der Waals surface area contributed by atoms with Crippen molar-refractivity contribution in [3.8, 4) is 92.0 Å². The van der Waals surface area contributed by atoms with Crippen LogP contribution in [0.1, 0.15) is 118 Å². The van der Waals surface area contributed by atoms with Crippen molar-refractivity contribution in [1.82, 2.24) is 0 Å². The lowest BCUT2D eigenvalue weighted by Gasteiger charge is -2.30. The Hall–Kier alpha value is -9.44. The molecule has 8 bridgehead atoms. The largest absolute Gasteiger partial charge is 0.507 e. The highest BCUT2D eigenvalue weighted by Crippen LogP contribution is 2.55. The Labute approximate surface area is 436 Å². The van der Waals surface area contributed by atoms with Gasteiger partial charge in [-0.2, -0.15) is 0 Å². The van der Waals surface area contributed by atoms with Crippen LogP contribution in [-0.2, 0) is 0 Å². The molecule has 76 heavy (non-hydrogen) atoms. The molecule has 0 radical (unpaired) electrons. The van der Waals surface area contributed by atoms with Gasteiger partial charge < -0.3 is 80.2 Å². The third kappa shape index (κ3) is 9.40. The number of rotatable bonds is 12. The van der Waals surface area contributed by atoms with Crippen LogP contribution in [0.4, 0.5) is 0 Å². The first-order valence-corrected chi connectivity index (χ1v) is 24.5. The summed E-state index contributed by atoms with van der Waals surface area (Å²) in [7, 11) is 0. The van der Waals surface area contributed by atoms with Gasteiger partial charge in [0, 0.05) is 92.4 Å². The van der Waals surface area contributed by atoms with Gasteiger partial charge in [-0.25, -0.2) is 0 Å². The van der Waals surface area contributed by atoms with Crippen LogP contribution in [0.25, 0.3) is 0 Å². The average Bonchev–Trinajstić information content (AvgIpc) is 3.37. The maximum Gasteiger partial charge on any atom is 0.161 e. The van der Waals surface area contributed by atoms with E-state index < -0.39 is 69.7 Å². The Bertz CT molecular complexity index is 2950. The molecule has 12 N–H and O–H groups in total. The molecule has 0 aliphatic heterocycles. The molecule has 392 valence electrons. The predicted molar refractivity (Wildman–Crippen MR) is 280 cm³/mol. The van der Waals surface area contributed by atoms with Crippen LogP contribution in [0.5, 0.6) is 92.0 Å². The fourth-order valence-corrected chi connectivity index (χ4v) is 10.3. The standard InChI is InChI=1S/C60H56O16/c1-5-73-53-17-29(9-13-41(53)61)57-33-21-35(47(67)25-45(33)65)58(30-10-14-42(62)54(18-30)74-6-2)37-23-39(51(71)27-49(37)69)60(32-12-16-44(64)56(20-32)76-8-4)40-24-38(50(70)28-52(40)72)59(36-22-34(57)46(66)26-48(36)68)31-11-15-43(63)55(19-31)75-7-3/h9-28,57-72H,5-8H2,1-4H3. The molecule has 0 unspecified atom stereocenters. The van der Waals surface area contributed by atoms with Crippen LogP contribution >= 0.6 is 0 Å². The van der Waals surface area contributed by atoms with Gasteiger partial charge in [0.2, 0.25) is 0 Å². The van der Waals surface area contributed by atoms with Crippen molar-refractivity contribution in [2.45, 2.75) is 51.4 Å². The number of benzene rings is 8. The molecule has 8 aromatic rings. The summed E-state index contributed by atoms with van der Waals surface area (Å²) < 4.78 is 23.3. The molecule has 16 heteroatoms. The molecule has 8 aromatic carbocycles. The van der Waals surface area contributed by atoms with Gasteiger partial charge in [0.05, 0.1) is 26.4 Å². The Morgan fingerprint density at radius 2 is 0.408 bits per heavy atom. The fraction of sp³-hybridized carbons (Fsp3) is 0.200. The second-order valence-electron chi connectivity index (χ2n) is 18.3. The third-order valence-corrected chi connectivity index (χ3v) is 13.7. The zero-order valence-corrected chi connectivity index (χ0v) is 41.7. The quantitative estimate of drug-likeness (QED) is 0.0542. The molecule has 1 aliphatic carbocycles. The summed E-state index contributed by atoms with van der Waals surface area (Å²) in [6, 6.07) is 27.8. The number of hydrogen-bond donors (Lipinski definition) is 12. The Morgan fingerprint density at radius 3 is 0.566 bits per heavy atom. The van der Waals surface area contributed by atoms with Gasteiger partial charge in [0.25, 0.3) is 0 Å². The number of hydrogen-bond acceptors (Lipinski definition) is 16. The van der Waals surface area contributed by atoms with E-state index in [0.29, 0.717) is 22.3 Å². The topological polar surface area (TPSA) is 280 Å². The van der Waals surface area contributed by atoms with Crippen LogP contribution in [0.15, 0.2) is 121 Å². The third-order valence-electron chi connectivity index (χ3n) is 13.7. The smallest absolute Gasteiger partial charge is 0.161 e. The molecule has 0 heterocycles. The van der Waals surface area contributed by atoms with Gasteiger partial charge in [-0.05, 0) is 123 Å². The zero-order chi connectivity index (χ0) is 54.3. The predicted octanol–water partition coefficient (Wildman–Crippen LogP) is 10.8.